The van der Waals surface area contributed by atoms with E-state index in [2.05, 4.69) is 48.6 Å². The van der Waals surface area contributed by atoms with Gasteiger partial charge < -0.3 is 10.4 Å². The van der Waals surface area contributed by atoms with Crippen molar-refractivity contribution in [1.29, 1.82) is 0 Å². The van der Waals surface area contributed by atoms with Crippen LogP contribution in [0.15, 0.2) is 38.6 Å². The van der Waals surface area contributed by atoms with E-state index in [1.165, 1.54) is 4.88 Å². The third-order valence-electron chi connectivity index (χ3n) is 2.54. The number of hydrogen-bond donors (Lipinski definition) is 2. The number of benzene rings is 1. The maximum absolute atomic E-state index is 10.8. The third kappa shape index (κ3) is 4.14. The van der Waals surface area contributed by atoms with Gasteiger partial charge in [0.2, 0.25) is 0 Å². The minimum atomic E-state index is -0.913. The first kappa shape index (κ1) is 14.7. The average molecular weight is 405 g/mol. The van der Waals surface area contributed by atoms with Gasteiger partial charge in [0.05, 0.1) is 5.56 Å². The van der Waals surface area contributed by atoms with Crippen molar-refractivity contribution in [3.63, 3.8) is 0 Å². The molecule has 0 aliphatic carbocycles. The van der Waals surface area contributed by atoms with E-state index in [0.717, 1.165) is 21.1 Å². The highest BCUT2D eigenvalue weighted by atomic mass is 79.9. The molecule has 19 heavy (non-hydrogen) atoms. The maximum Gasteiger partial charge on any atom is 0.335 e. The van der Waals surface area contributed by atoms with Gasteiger partial charge in [-0.2, -0.15) is 0 Å². The summed E-state index contributed by atoms with van der Waals surface area (Å²) in [7, 11) is 0. The predicted molar refractivity (Wildman–Crippen MR) is 83.7 cm³/mol. The Morgan fingerprint density at radius 3 is 2.63 bits per heavy atom. The number of hydrogen-bond acceptors (Lipinski definition) is 3. The Kier molecular flexibility index (Phi) is 5.15. The van der Waals surface area contributed by atoms with Gasteiger partial charge in [-0.15, -0.1) is 11.3 Å². The van der Waals surface area contributed by atoms with Gasteiger partial charge >= 0.3 is 5.97 Å². The molecule has 0 saturated heterocycles. The lowest BCUT2D eigenvalue weighted by atomic mass is 10.1. The van der Waals surface area contributed by atoms with Crippen molar-refractivity contribution in [2.75, 3.05) is 0 Å². The molecule has 0 amide bonds. The van der Waals surface area contributed by atoms with E-state index in [1.54, 1.807) is 23.5 Å². The third-order valence-corrected chi connectivity index (χ3v) is 4.97. The molecule has 1 aromatic heterocycles. The van der Waals surface area contributed by atoms with E-state index in [9.17, 15) is 4.79 Å². The fourth-order valence-electron chi connectivity index (χ4n) is 1.59. The van der Waals surface area contributed by atoms with Crippen molar-refractivity contribution in [2.45, 2.75) is 13.1 Å². The zero-order chi connectivity index (χ0) is 13.8. The highest BCUT2D eigenvalue weighted by Gasteiger charge is 2.06. The van der Waals surface area contributed by atoms with Crippen LogP contribution in [0, 0.1) is 0 Å². The van der Waals surface area contributed by atoms with Crippen LogP contribution in [0.25, 0.3) is 0 Å². The Morgan fingerprint density at radius 1 is 1.26 bits per heavy atom. The number of halogens is 2. The first-order valence-corrected chi connectivity index (χ1v) is 7.98. The molecule has 0 aliphatic rings. The zero-order valence-electron chi connectivity index (χ0n) is 9.82. The molecule has 100 valence electrons. The van der Waals surface area contributed by atoms with Gasteiger partial charge in [0.1, 0.15) is 0 Å². The summed E-state index contributed by atoms with van der Waals surface area (Å²) < 4.78 is 1.91. The van der Waals surface area contributed by atoms with Gasteiger partial charge in [0.25, 0.3) is 0 Å². The molecule has 0 unspecified atom stereocenters. The van der Waals surface area contributed by atoms with Gasteiger partial charge in [0, 0.05) is 32.3 Å². The molecule has 6 heteroatoms. The number of nitrogens with one attached hydrogen (secondary N) is 1. The molecule has 0 aliphatic heterocycles. The van der Waals surface area contributed by atoms with E-state index in [-0.39, 0.29) is 5.56 Å². The Bertz CT molecular complexity index is 598. The van der Waals surface area contributed by atoms with Crippen LogP contribution in [-0.4, -0.2) is 11.1 Å². The van der Waals surface area contributed by atoms with E-state index in [4.69, 9.17) is 5.11 Å². The van der Waals surface area contributed by atoms with Gasteiger partial charge in [-0.05, 0) is 39.7 Å². The maximum atomic E-state index is 10.8. The lowest BCUT2D eigenvalue weighted by Crippen LogP contribution is -2.12. The minimum absolute atomic E-state index is 0.290. The molecule has 0 bridgehead atoms. The first-order valence-electron chi connectivity index (χ1n) is 5.51. The molecular formula is C13H11Br2NO2S. The standard InChI is InChI=1S/C13H11Br2NO2S/c14-10-4-11(19-7-10)6-16-5-9-2-1-8(13(17)18)3-12(9)15/h1-4,7,16H,5-6H2,(H,17,18). The van der Waals surface area contributed by atoms with Crippen molar-refractivity contribution in [1.82, 2.24) is 5.32 Å². The molecule has 1 aromatic carbocycles. The molecular weight excluding hydrogens is 394 g/mol. The SMILES string of the molecule is O=C(O)c1ccc(CNCc2cc(Br)cs2)c(Br)c1. The van der Waals surface area contributed by atoms with Crippen molar-refractivity contribution in [3.8, 4) is 0 Å². The number of carboxylic acid groups (broad SMARTS) is 1. The normalized spacial score (nSPS) is 10.6. The van der Waals surface area contributed by atoms with Crippen LogP contribution in [-0.2, 0) is 13.1 Å². The Labute approximate surface area is 131 Å². The highest BCUT2D eigenvalue weighted by Crippen LogP contribution is 2.21. The van der Waals surface area contributed by atoms with Gasteiger partial charge in [0.15, 0.2) is 0 Å². The molecule has 1 heterocycles. The van der Waals surface area contributed by atoms with E-state index >= 15 is 0 Å². The van der Waals surface area contributed by atoms with Gasteiger partial charge in [-0.3, -0.25) is 0 Å². The lowest BCUT2D eigenvalue weighted by Gasteiger charge is -2.07. The largest absolute Gasteiger partial charge is 0.478 e. The van der Waals surface area contributed by atoms with Crippen molar-refractivity contribution >= 4 is 49.2 Å². The summed E-state index contributed by atoms with van der Waals surface area (Å²) in [6.07, 6.45) is 0. The molecule has 0 spiro atoms. The second-order valence-corrected chi connectivity index (χ2v) is 6.71. The highest BCUT2D eigenvalue weighted by molar-refractivity contribution is 9.10. The van der Waals surface area contributed by atoms with Gasteiger partial charge in [-0.1, -0.05) is 22.0 Å². The number of aromatic carboxylic acids is 1. The summed E-state index contributed by atoms with van der Waals surface area (Å²) in [4.78, 5) is 12.1. The summed E-state index contributed by atoms with van der Waals surface area (Å²) in [5.41, 5.74) is 1.33. The Morgan fingerprint density at radius 2 is 2.05 bits per heavy atom. The number of carbonyl (C=O) groups is 1. The van der Waals surface area contributed by atoms with Crippen LogP contribution in [0.3, 0.4) is 0 Å². The summed E-state index contributed by atoms with van der Waals surface area (Å²) in [6, 6.07) is 7.15. The summed E-state index contributed by atoms with van der Waals surface area (Å²) in [5, 5.41) is 14.3. The van der Waals surface area contributed by atoms with Crippen LogP contribution in [0.4, 0.5) is 0 Å². The molecule has 0 radical (unpaired) electrons. The molecule has 2 rings (SSSR count). The van der Waals surface area contributed by atoms with Crippen LogP contribution in [0.2, 0.25) is 0 Å². The fourth-order valence-corrected chi connectivity index (χ4v) is 3.53. The molecule has 0 atom stereocenters. The second-order valence-electron chi connectivity index (χ2n) is 3.95. The topological polar surface area (TPSA) is 49.3 Å². The monoisotopic (exact) mass is 403 g/mol. The smallest absolute Gasteiger partial charge is 0.335 e. The quantitative estimate of drug-likeness (QED) is 0.782. The molecule has 2 aromatic rings. The average Bonchev–Trinajstić information content (AvgIpc) is 2.77. The predicted octanol–water partition coefficient (Wildman–Crippen LogP) is 4.26. The summed E-state index contributed by atoms with van der Waals surface area (Å²) in [5.74, 6) is -0.913. The van der Waals surface area contributed by atoms with E-state index in [0.29, 0.717) is 6.54 Å². The van der Waals surface area contributed by atoms with Crippen LogP contribution < -0.4 is 5.32 Å². The zero-order valence-corrected chi connectivity index (χ0v) is 13.8. The molecule has 2 N–H and O–H groups in total. The number of rotatable bonds is 5. The number of carboxylic acids is 1. The minimum Gasteiger partial charge on any atom is -0.478 e. The first-order chi connectivity index (χ1) is 9.06. The van der Waals surface area contributed by atoms with Crippen LogP contribution >= 0.6 is 43.2 Å². The number of thiophene rings is 1. The van der Waals surface area contributed by atoms with Crippen LogP contribution in [0.1, 0.15) is 20.8 Å². The Balaban J connectivity index is 1.94. The van der Waals surface area contributed by atoms with Crippen molar-refractivity contribution < 1.29 is 9.90 Å². The summed E-state index contributed by atoms with van der Waals surface area (Å²) in [6.45, 7) is 1.49. The molecule has 3 nitrogen and oxygen atoms in total. The van der Waals surface area contributed by atoms with Gasteiger partial charge in [-0.25, -0.2) is 4.79 Å². The molecule has 0 fully saturated rings. The van der Waals surface area contributed by atoms with E-state index in [1.807, 2.05) is 6.07 Å². The van der Waals surface area contributed by atoms with E-state index < -0.39 is 5.97 Å². The Hall–Kier alpha value is -0.690. The van der Waals surface area contributed by atoms with Crippen LogP contribution in [0.5, 0.6) is 0 Å². The summed E-state index contributed by atoms with van der Waals surface area (Å²) >= 11 is 8.52. The van der Waals surface area contributed by atoms with Crippen molar-refractivity contribution in [2.24, 2.45) is 0 Å². The molecule has 0 saturated carbocycles. The lowest BCUT2D eigenvalue weighted by molar-refractivity contribution is 0.0697. The second kappa shape index (κ2) is 6.65. The van der Waals surface area contributed by atoms with Crippen molar-refractivity contribution in [3.05, 3.63) is 54.6 Å². The fraction of sp³-hybridized carbons (Fsp3) is 0.154.